The van der Waals surface area contributed by atoms with Crippen LogP contribution in [0.4, 0.5) is 11.4 Å². The quantitative estimate of drug-likeness (QED) is 0.243. The molecule has 4 N–H and O–H groups in total. The van der Waals surface area contributed by atoms with Crippen molar-refractivity contribution in [1.82, 2.24) is 40.0 Å². The molecule has 0 bridgehead atoms. The second kappa shape index (κ2) is 9.90. The molecule has 202 valence electrons. The highest BCUT2D eigenvalue weighted by Gasteiger charge is 2.21. The van der Waals surface area contributed by atoms with Gasteiger partial charge in [0.15, 0.2) is 17.1 Å². The number of anilines is 2. The largest absolute Gasteiger partial charge is 0.374 e. The molecule has 1 atom stereocenters. The summed E-state index contributed by atoms with van der Waals surface area (Å²) in [7, 11) is 2.15. The van der Waals surface area contributed by atoms with E-state index in [4.69, 9.17) is 4.98 Å². The highest BCUT2D eigenvalue weighted by atomic mass is 16.3. The fraction of sp³-hybridized carbons (Fsp3) is 0.393. The van der Waals surface area contributed by atoms with Gasteiger partial charge in [0.2, 0.25) is 0 Å². The van der Waals surface area contributed by atoms with E-state index in [-0.39, 0.29) is 5.41 Å². The second-order valence-corrected chi connectivity index (χ2v) is 11.5. The number of imidazole rings is 1. The first kappa shape index (κ1) is 25.2. The Kier molecular flexibility index (Phi) is 6.40. The first-order valence-electron chi connectivity index (χ1n) is 13.3. The summed E-state index contributed by atoms with van der Waals surface area (Å²) in [5.74, 6) is 0.666. The van der Waals surface area contributed by atoms with Crippen LogP contribution in [0.2, 0.25) is 0 Å². The zero-order valence-corrected chi connectivity index (χ0v) is 22.7. The summed E-state index contributed by atoms with van der Waals surface area (Å²) >= 11 is 0. The summed E-state index contributed by atoms with van der Waals surface area (Å²) in [4.78, 5) is 26.5. The van der Waals surface area contributed by atoms with Gasteiger partial charge in [-0.05, 0) is 37.1 Å². The van der Waals surface area contributed by atoms with Crippen molar-refractivity contribution in [3.8, 4) is 22.6 Å². The number of rotatable bonds is 6. The van der Waals surface area contributed by atoms with Gasteiger partial charge >= 0.3 is 0 Å². The Morgan fingerprint density at radius 3 is 2.62 bits per heavy atom. The fourth-order valence-electron chi connectivity index (χ4n) is 5.07. The van der Waals surface area contributed by atoms with Gasteiger partial charge in [-0.15, -0.1) is 0 Å². The smallest absolute Gasteiger partial charge is 0.181 e. The minimum atomic E-state index is -0.666. The van der Waals surface area contributed by atoms with Crippen molar-refractivity contribution >= 4 is 33.6 Å². The second-order valence-electron chi connectivity index (χ2n) is 11.5. The SMILES string of the molecule is CN1CCN(c2ccnc3nc(-c4[nH]nc5ncc(-c6cncc(NC(O)CC(C)(C)C)c6)cc45)[nH]c23)CC1. The number of fused-ring (bicyclic) bond motifs is 2. The molecule has 39 heavy (non-hydrogen) atoms. The molecule has 0 radical (unpaired) electrons. The lowest BCUT2D eigenvalue weighted by Crippen LogP contribution is -2.44. The van der Waals surface area contributed by atoms with Gasteiger partial charge < -0.3 is 25.2 Å². The Labute approximate surface area is 226 Å². The molecule has 0 aromatic carbocycles. The minimum Gasteiger partial charge on any atom is -0.374 e. The van der Waals surface area contributed by atoms with Gasteiger partial charge in [0.1, 0.15) is 17.4 Å². The number of hydrogen-bond donors (Lipinski definition) is 4. The lowest BCUT2D eigenvalue weighted by molar-refractivity contribution is 0.145. The van der Waals surface area contributed by atoms with Crippen LogP contribution in [0.3, 0.4) is 0 Å². The Morgan fingerprint density at radius 2 is 1.82 bits per heavy atom. The van der Waals surface area contributed by atoms with E-state index in [1.807, 2.05) is 24.4 Å². The topological polar surface area (TPSA) is 135 Å². The average Bonchev–Trinajstić information content (AvgIpc) is 3.52. The summed E-state index contributed by atoms with van der Waals surface area (Å²) in [6, 6.07) is 6.05. The molecule has 1 aliphatic heterocycles. The van der Waals surface area contributed by atoms with Crippen molar-refractivity contribution in [3.63, 3.8) is 0 Å². The van der Waals surface area contributed by atoms with Gasteiger partial charge in [-0.1, -0.05) is 20.8 Å². The predicted octanol–water partition coefficient (Wildman–Crippen LogP) is 3.88. The Balaban J connectivity index is 1.32. The van der Waals surface area contributed by atoms with Crippen LogP contribution in [0.15, 0.2) is 43.0 Å². The molecule has 0 aliphatic carbocycles. The van der Waals surface area contributed by atoms with Crippen molar-refractivity contribution in [1.29, 1.82) is 0 Å². The molecule has 1 aliphatic rings. The van der Waals surface area contributed by atoms with Gasteiger partial charge in [-0.3, -0.25) is 10.1 Å². The standard InChI is InChI=1S/C28H34N10O/c1-28(2,3)13-22(39)32-19-11-17(14-29-16-19)18-12-20-23(35-36-25(20)31-15-18)27-33-24-21(5-6-30-26(24)34-27)38-9-7-37(4)8-10-38/h5-6,11-12,14-16,22,32,39H,7-10,13H2,1-4H3,(H,30,33,34)(H,31,35,36). The monoisotopic (exact) mass is 526 g/mol. The number of aromatic nitrogens is 7. The third kappa shape index (κ3) is 5.27. The maximum atomic E-state index is 10.5. The van der Waals surface area contributed by atoms with Crippen LogP contribution in [0, 0.1) is 5.41 Å². The van der Waals surface area contributed by atoms with Crippen molar-refractivity contribution in [2.45, 2.75) is 33.4 Å². The number of nitrogens with zero attached hydrogens (tertiary/aromatic N) is 7. The van der Waals surface area contributed by atoms with E-state index < -0.39 is 6.23 Å². The molecule has 0 saturated carbocycles. The molecule has 11 nitrogen and oxygen atoms in total. The van der Waals surface area contributed by atoms with E-state index in [9.17, 15) is 5.11 Å². The molecule has 1 unspecified atom stereocenters. The highest BCUT2D eigenvalue weighted by molar-refractivity contribution is 5.95. The summed E-state index contributed by atoms with van der Waals surface area (Å²) in [5.41, 5.74) is 6.57. The van der Waals surface area contributed by atoms with Crippen molar-refractivity contribution in [2.75, 3.05) is 43.4 Å². The molecular weight excluding hydrogens is 492 g/mol. The third-order valence-electron chi connectivity index (χ3n) is 7.07. The Bertz CT molecular complexity index is 1610. The summed E-state index contributed by atoms with van der Waals surface area (Å²) < 4.78 is 0. The molecular formula is C28H34N10O. The highest BCUT2D eigenvalue weighted by Crippen LogP contribution is 2.32. The van der Waals surface area contributed by atoms with Crippen molar-refractivity contribution in [2.24, 2.45) is 5.41 Å². The van der Waals surface area contributed by atoms with E-state index in [1.54, 1.807) is 18.6 Å². The normalized spacial score (nSPS) is 15.8. The maximum absolute atomic E-state index is 10.5. The van der Waals surface area contributed by atoms with E-state index in [0.29, 0.717) is 23.5 Å². The Hall–Kier alpha value is -4.09. The molecule has 0 spiro atoms. The fourth-order valence-corrected chi connectivity index (χ4v) is 5.07. The number of aliphatic hydroxyl groups is 1. The molecule has 6 rings (SSSR count). The number of pyridine rings is 3. The molecule has 0 amide bonds. The lowest BCUT2D eigenvalue weighted by atomic mass is 9.91. The molecule has 1 fully saturated rings. The average molecular weight is 527 g/mol. The number of hydrogen-bond acceptors (Lipinski definition) is 9. The van der Waals surface area contributed by atoms with Crippen molar-refractivity contribution < 1.29 is 5.11 Å². The molecule has 5 aromatic rings. The lowest BCUT2D eigenvalue weighted by Gasteiger charge is -2.34. The number of H-pyrrole nitrogens is 2. The van der Waals surface area contributed by atoms with Gasteiger partial charge in [0.25, 0.3) is 0 Å². The van der Waals surface area contributed by atoms with E-state index in [2.05, 4.69) is 73.1 Å². The van der Waals surface area contributed by atoms with Gasteiger partial charge in [0.05, 0.1) is 23.0 Å². The van der Waals surface area contributed by atoms with Crippen molar-refractivity contribution in [3.05, 3.63) is 43.0 Å². The molecule has 6 heterocycles. The summed E-state index contributed by atoms with van der Waals surface area (Å²) in [6.45, 7) is 10.2. The number of nitrogens with one attached hydrogen (secondary N) is 3. The van der Waals surface area contributed by atoms with Gasteiger partial charge in [-0.25, -0.2) is 15.0 Å². The third-order valence-corrected chi connectivity index (χ3v) is 7.07. The molecule has 1 saturated heterocycles. The molecule has 11 heteroatoms. The minimum absolute atomic E-state index is 0.00151. The summed E-state index contributed by atoms with van der Waals surface area (Å²) in [5, 5.41) is 22.0. The first-order chi connectivity index (χ1) is 18.7. The van der Waals surface area contributed by atoms with E-state index in [1.165, 1.54) is 0 Å². The summed E-state index contributed by atoms with van der Waals surface area (Å²) in [6.07, 6.45) is 7.05. The van der Waals surface area contributed by atoms with E-state index in [0.717, 1.165) is 65.3 Å². The van der Waals surface area contributed by atoms with Crippen LogP contribution in [-0.2, 0) is 0 Å². The predicted molar refractivity (Wildman–Crippen MR) is 153 cm³/mol. The van der Waals surface area contributed by atoms with Crippen LogP contribution >= 0.6 is 0 Å². The maximum Gasteiger partial charge on any atom is 0.181 e. The number of aromatic amines is 2. The van der Waals surface area contributed by atoms with Crippen LogP contribution in [0.5, 0.6) is 0 Å². The van der Waals surface area contributed by atoms with Crippen LogP contribution in [0.1, 0.15) is 27.2 Å². The van der Waals surface area contributed by atoms with Crippen LogP contribution < -0.4 is 10.2 Å². The van der Waals surface area contributed by atoms with Gasteiger partial charge in [-0.2, -0.15) is 5.10 Å². The molecule has 5 aromatic heterocycles. The van der Waals surface area contributed by atoms with Crippen LogP contribution in [-0.4, -0.2) is 84.6 Å². The number of likely N-dealkylation sites (N-methyl/N-ethyl adjacent to an activating group) is 1. The first-order valence-corrected chi connectivity index (χ1v) is 13.3. The zero-order valence-electron chi connectivity index (χ0n) is 22.7. The zero-order chi connectivity index (χ0) is 27.1. The number of piperazine rings is 1. The Morgan fingerprint density at radius 1 is 1.03 bits per heavy atom. The van der Waals surface area contributed by atoms with Gasteiger partial charge in [0, 0.05) is 55.9 Å². The van der Waals surface area contributed by atoms with E-state index >= 15 is 0 Å². The number of aliphatic hydroxyl groups excluding tert-OH is 1. The van der Waals surface area contributed by atoms with Crippen LogP contribution in [0.25, 0.3) is 44.8 Å².